The second-order valence-electron chi connectivity index (χ2n) is 29.5. The number of nitrogens with zero attached hydrogens (tertiary/aromatic N) is 5. The molecule has 11 fully saturated rings. The molecule has 17 nitrogen and oxygen atoms in total. The topological polar surface area (TPSA) is 163 Å². The molecule has 17 rings (SSSR count). The van der Waals surface area contributed by atoms with Crippen LogP contribution in [0.25, 0.3) is 0 Å². The van der Waals surface area contributed by atoms with Crippen LogP contribution in [0.5, 0.6) is 5.75 Å². The molecular weight excluding hydrogens is 1200 g/mol. The summed E-state index contributed by atoms with van der Waals surface area (Å²) in [5.74, 6) is 0.898. The average molecular weight is 1300 g/mol. The van der Waals surface area contributed by atoms with Crippen molar-refractivity contribution in [2.45, 2.75) is 125 Å². The maximum Gasteiger partial charge on any atom is 0.119 e. The molecule has 0 aliphatic carbocycles. The lowest BCUT2D eigenvalue weighted by atomic mass is 9.74. The van der Waals surface area contributed by atoms with Gasteiger partial charge in [-0.3, -0.25) is 0 Å². The van der Waals surface area contributed by atoms with Gasteiger partial charge in [0.2, 0.25) is 0 Å². The number of ether oxygens (including phenoxy) is 12. The summed E-state index contributed by atoms with van der Waals surface area (Å²) in [6.45, 7) is 33.5. The van der Waals surface area contributed by atoms with Gasteiger partial charge in [-0.25, -0.2) is 0 Å². The zero-order valence-corrected chi connectivity index (χ0v) is 56.4. The van der Waals surface area contributed by atoms with Gasteiger partial charge in [0, 0.05) is 110 Å². The summed E-state index contributed by atoms with van der Waals surface area (Å²) in [5.41, 5.74) is 13.8. The van der Waals surface area contributed by atoms with Crippen molar-refractivity contribution in [1.29, 1.82) is 0 Å². The molecular formula is C78H97N5O12. The highest BCUT2D eigenvalue weighted by Gasteiger charge is 2.37. The van der Waals surface area contributed by atoms with Crippen molar-refractivity contribution in [2.24, 2.45) is 0 Å². The monoisotopic (exact) mass is 1300 g/mol. The molecule has 11 aliphatic rings. The predicted molar refractivity (Wildman–Crippen MR) is 369 cm³/mol. The number of epoxide rings is 11. The van der Waals surface area contributed by atoms with Gasteiger partial charge in [-0.1, -0.05) is 114 Å². The Bertz CT molecular complexity index is 3190. The highest BCUT2D eigenvalue weighted by Crippen LogP contribution is 2.39. The third-order valence-corrected chi connectivity index (χ3v) is 20.4. The maximum atomic E-state index is 5.66. The smallest absolute Gasteiger partial charge is 0.119 e. The minimum Gasteiger partial charge on any atom is -0.491 e. The predicted octanol–water partition coefficient (Wildman–Crippen LogP) is 9.84. The van der Waals surface area contributed by atoms with Gasteiger partial charge >= 0.3 is 0 Å². The van der Waals surface area contributed by atoms with E-state index in [0.717, 1.165) is 144 Å². The molecule has 0 saturated carbocycles. The Labute approximate surface area is 561 Å². The molecule has 6 aromatic carbocycles. The Morgan fingerprint density at radius 3 is 0.547 bits per heavy atom. The van der Waals surface area contributed by atoms with Crippen LogP contribution < -0.4 is 29.2 Å². The molecule has 0 N–H and O–H groups in total. The van der Waals surface area contributed by atoms with Crippen molar-refractivity contribution in [1.82, 2.24) is 0 Å². The molecule has 17 heteroatoms. The van der Waals surface area contributed by atoms with Crippen molar-refractivity contribution in [2.75, 3.05) is 169 Å². The fourth-order valence-corrected chi connectivity index (χ4v) is 12.9. The largest absolute Gasteiger partial charge is 0.491 e. The van der Waals surface area contributed by atoms with E-state index in [1.54, 1.807) is 0 Å². The summed E-state index contributed by atoms with van der Waals surface area (Å²) < 4.78 is 65.4. The van der Waals surface area contributed by atoms with Gasteiger partial charge in [-0.15, -0.1) is 0 Å². The van der Waals surface area contributed by atoms with E-state index < -0.39 is 0 Å². The van der Waals surface area contributed by atoms with Crippen molar-refractivity contribution < 1.29 is 56.8 Å². The van der Waals surface area contributed by atoms with Crippen LogP contribution in [0.4, 0.5) is 28.4 Å². The lowest BCUT2D eigenvalue weighted by Gasteiger charge is -2.31. The third-order valence-electron chi connectivity index (χ3n) is 20.4. The van der Waals surface area contributed by atoms with E-state index in [1.807, 2.05) is 12.1 Å². The number of anilines is 5. The zero-order chi connectivity index (χ0) is 64.7. The lowest BCUT2D eigenvalue weighted by Crippen LogP contribution is -2.32. The Morgan fingerprint density at radius 1 is 0.242 bits per heavy atom. The summed E-state index contributed by atoms with van der Waals surface area (Å²) in [4.78, 5) is 12.0. The highest BCUT2D eigenvalue weighted by atomic mass is 16.6. The van der Waals surface area contributed by atoms with E-state index in [9.17, 15) is 0 Å². The zero-order valence-electron chi connectivity index (χ0n) is 56.4. The first-order valence-electron chi connectivity index (χ1n) is 35.0. The van der Waals surface area contributed by atoms with Crippen LogP contribution in [-0.4, -0.2) is 212 Å². The summed E-state index contributed by atoms with van der Waals surface area (Å²) in [6.07, 6.45) is 4.00. The minimum absolute atomic E-state index is 0.0782. The minimum atomic E-state index is -0.104. The second-order valence-corrected chi connectivity index (χ2v) is 29.5. The average Bonchev–Trinajstić information content (AvgIpc) is 1.03. The molecule has 95 heavy (non-hydrogen) atoms. The molecule has 11 aliphatic heterocycles. The van der Waals surface area contributed by atoms with Gasteiger partial charge in [0.05, 0.1) is 134 Å². The summed E-state index contributed by atoms with van der Waals surface area (Å²) in [5, 5.41) is 0. The van der Waals surface area contributed by atoms with E-state index in [0.29, 0.717) is 73.8 Å². The van der Waals surface area contributed by atoms with Gasteiger partial charge in [0.1, 0.15) is 18.5 Å². The van der Waals surface area contributed by atoms with Crippen molar-refractivity contribution in [3.8, 4) is 5.75 Å². The second kappa shape index (κ2) is 27.9. The van der Waals surface area contributed by atoms with Crippen molar-refractivity contribution in [3.63, 3.8) is 0 Å². The summed E-state index contributed by atoms with van der Waals surface area (Å²) in [7, 11) is 0. The molecule has 11 heterocycles. The molecule has 6 aromatic rings. The lowest BCUT2D eigenvalue weighted by molar-refractivity contribution is 0.263. The quantitative estimate of drug-likeness (QED) is 0.0351. The number of hydrogen-bond acceptors (Lipinski definition) is 17. The number of rotatable bonds is 34. The Balaban J connectivity index is 0.000000124. The molecule has 0 bridgehead atoms. The van der Waals surface area contributed by atoms with Gasteiger partial charge in [0.15, 0.2) is 0 Å². The molecule has 0 amide bonds. The van der Waals surface area contributed by atoms with E-state index >= 15 is 0 Å². The SMILES string of the molecule is CC(C)(c1ccc(N(CC2CO2)CC2CO2)cc1)c1ccc(C(C)(C)c2ccc(N(CC3CO3)CC3CO3)cc2)cc1.CC(C)(c1ccc(N(CC2CO2)CC2CO2)cc1)c1ccc(N(CC2CO2)CC2CO2)cc1.c1cc(N(CC2CO2)CC2CO2)ccc1OCC1CO1. The fraction of sp³-hybridized carbons (Fsp3) is 0.538. The van der Waals surface area contributed by atoms with E-state index in [-0.39, 0.29) is 16.2 Å². The van der Waals surface area contributed by atoms with Crippen LogP contribution in [0.3, 0.4) is 0 Å². The molecule has 0 radical (unpaired) electrons. The van der Waals surface area contributed by atoms with E-state index in [4.69, 9.17) is 56.8 Å². The Morgan fingerprint density at radius 2 is 0.389 bits per heavy atom. The van der Waals surface area contributed by atoms with E-state index in [2.05, 4.69) is 200 Å². The van der Waals surface area contributed by atoms with Gasteiger partial charge in [0.25, 0.3) is 0 Å². The first-order chi connectivity index (χ1) is 46.2. The first-order valence-corrected chi connectivity index (χ1v) is 35.0. The number of hydrogen-bond donors (Lipinski definition) is 0. The molecule has 506 valence electrons. The Kier molecular flexibility index (Phi) is 19.0. The Hall–Kier alpha value is -6.32. The fourth-order valence-electron chi connectivity index (χ4n) is 12.9. The number of benzene rings is 6. The normalized spacial score (nSPS) is 26.5. The molecule has 11 saturated heterocycles. The third kappa shape index (κ3) is 18.3. The van der Waals surface area contributed by atoms with Crippen molar-refractivity contribution >= 4 is 28.4 Å². The van der Waals surface area contributed by atoms with Crippen LogP contribution in [0.2, 0.25) is 0 Å². The first kappa shape index (κ1) is 64.7. The standard InChI is InChI=1S/C36H44N2O4.C27H34N2O4.C15H19NO4/c1-35(2,27-9-13-29(14-10-27)37(17-31-21-39-31)18-32-22-40-32)25-5-7-26(8-6-25)36(3,4)28-11-15-30(16-12-28)38(19-33-23-41-33)20-34-24-42-34;1-27(2,19-3-7-21(8-4-19)28(11-23-15-30-23)12-24-16-31-24)20-5-9-22(10-6-20)29(13-25-17-32-25)14-26-18-33-26;1-3-12(17-9-15-10-20-15)4-2-11(1)16(5-13-7-18-13)6-14-8-19-14/h5-16,31-34H,17-24H2,1-4H3;3-10,23-26H,11-18H2,1-2H3;1-4,13-15H,5-10H2. The van der Waals surface area contributed by atoms with Crippen LogP contribution in [0.15, 0.2) is 146 Å². The molecule has 0 aromatic heterocycles. The van der Waals surface area contributed by atoms with Gasteiger partial charge in [-0.2, -0.15) is 0 Å². The highest BCUT2D eigenvalue weighted by molar-refractivity contribution is 5.56. The summed E-state index contributed by atoms with van der Waals surface area (Å²) in [6, 6.07) is 53.8. The maximum absolute atomic E-state index is 5.66. The van der Waals surface area contributed by atoms with Crippen LogP contribution >= 0.6 is 0 Å². The summed E-state index contributed by atoms with van der Waals surface area (Å²) >= 11 is 0. The van der Waals surface area contributed by atoms with Gasteiger partial charge < -0.3 is 81.3 Å². The van der Waals surface area contributed by atoms with Crippen LogP contribution in [0.1, 0.15) is 74.9 Å². The van der Waals surface area contributed by atoms with Crippen LogP contribution in [-0.2, 0) is 68.4 Å². The molecule has 11 atom stereocenters. The van der Waals surface area contributed by atoms with E-state index in [1.165, 1.54) is 61.8 Å². The van der Waals surface area contributed by atoms with Crippen molar-refractivity contribution in [3.05, 3.63) is 179 Å². The van der Waals surface area contributed by atoms with Crippen LogP contribution in [0, 0.1) is 0 Å². The van der Waals surface area contributed by atoms with Gasteiger partial charge in [-0.05, 0) is 106 Å². The molecule has 11 unspecified atom stereocenters. The molecule has 0 spiro atoms.